The highest BCUT2D eigenvalue weighted by Gasteiger charge is 2.32. The topological polar surface area (TPSA) is 74.4 Å². The molecule has 2 aromatic rings. The van der Waals surface area contributed by atoms with Crippen molar-refractivity contribution in [2.75, 3.05) is 50.7 Å². The zero-order chi connectivity index (χ0) is 20.4. The summed E-state index contributed by atoms with van der Waals surface area (Å²) >= 11 is 1.49. The molecule has 2 aromatic heterocycles. The van der Waals surface area contributed by atoms with E-state index in [4.69, 9.17) is 9.47 Å². The molecular weight excluding hydrogens is 390 g/mol. The predicted octanol–water partition coefficient (Wildman–Crippen LogP) is 2.49. The minimum absolute atomic E-state index is 0.130. The number of anilines is 1. The number of nitrogens with zero attached hydrogens (tertiary/aromatic N) is 5. The van der Waals surface area contributed by atoms with Crippen LogP contribution in [0.15, 0.2) is 11.2 Å². The van der Waals surface area contributed by atoms with Gasteiger partial charge in [0.2, 0.25) is 5.95 Å². The van der Waals surface area contributed by atoms with Crippen molar-refractivity contribution < 1.29 is 14.3 Å². The maximum absolute atomic E-state index is 12.9. The third kappa shape index (κ3) is 4.36. The van der Waals surface area contributed by atoms with Crippen molar-refractivity contribution in [1.29, 1.82) is 0 Å². The van der Waals surface area contributed by atoms with Crippen molar-refractivity contribution in [1.82, 2.24) is 19.3 Å². The standard InChI is InChI=1S/C20H29N5O3S/c1-14-12-17(15(2)24(14)8-9-27-3)18(26)13-29-20-22-21-19(25(20)16-4-5-16)23-6-10-28-11-7-23/h12,16H,4-11,13H2,1-3H3. The van der Waals surface area contributed by atoms with Crippen molar-refractivity contribution in [2.24, 2.45) is 0 Å². The van der Waals surface area contributed by atoms with Gasteiger partial charge < -0.3 is 18.9 Å². The number of aromatic nitrogens is 4. The zero-order valence-electron chi connectivity index (χ0n) is 17.4. The number of Topliss-reactive ketones (excluding diaryl/α,β-unsaturated/α-hetero) is 1. The van der Waals surface area contributed by atoms with E-state index >= 15 is 0 Å². The summed E-state index contributed by atoms with van der Waals surface area (Å²) in [6, 6.07) is 2.44. The molecule has 4 rings (SSSR count). The molecule has 2 fully saturated rings. The molecule has 0 bridgehead atoms. The van der Waals surface area contributed by atoms with Gasteiger partial charge in [-0.2, -0.15) is 0 Å². The number of ether oxygens (including phenoxy) is 2. The van der Waals surface area contributed by atoms with Crippen LogP contribution in [0.2, 0.25) is 0 Å². The number of ketones is 1. The van der Waals surface area contributed by atoms with E-state index < -0.39 is 0 Å². The Balaban J connectivity index is 1.47. The second-order valence-corrected chi connectivity index (χ2v) is 8.57. The van der Waals surface area contributed by atoms with Crippen LogP contribution < -0.4 is 4.90 Å². The summed E-state index contributed by atoms with van der Waals surface area (Å²) in [6.45, 7) is 8.54. The highest BCUT2D eigenvalue weighted by Crippen LogP contribution is 2.41. The van der Waals surface area contributed by atoms with Gasteiger partial charge in [0.1, 0.15) is 0 Å². The Labute approximate surface area is 175 Å². The summed E-state index contributed by atoms with van der Waals surface area (Å²) in [5, 5.41) is 9.72. The van der Waals surface area contributed by atoms with Crippen molar-refractivity contribution >= 4 is 23.5 Å². The molecule has 0 amide bonds. The van der Waals surface area contributed by atoms with E-state index in [-0.39, 0.29) is 5.78 Å². The maximum atomic E-state index is 12.9. The summed E-state index contributed by atoms with van der Waals surface area (Å²) < 4.78 is 15.0. The van der Waals surface area contributed by atoms with E-state index in [1.165, 1.54) is 11.8 Å². The lowest BCUT2D eigenvalue weighted by molar-refractivity contribution is 0.102. The maximum Gasteiger partial charge on any atom is 0.228 e. The first-order valence-electron chi connectivity index (χ1n) is 10.2. The number of aryl methyl sites for hydroxylation is 1. The molecule has 0 N–H and O–H groups in total. The van der Waals surface area contributed by atoms with E-state index in [2.05, 4.69) is 24.2 Å². The van der Waals surface area contributed by atoms with E-state index in [0.29, 0.717) is 18.4 Å². The number of hydrogen-bond donors (Lipinski definition) is 0. The highest BCUT2D eigenvalue weighted by atomic mass is 32.2. The van der Waals surface area contributed by atoms with E-state index in [1.54, 1.807) is 7.11 Å². The lowest BCUT2D eigenvalue weighted by Crippen LogP contribution is -2.38. The van der Waals surface area contributed by atoms with Crippen LogP contribution in [0, 0.1) is 13.8 Å². The van der Waals surface area contributed by atoms with Gasteiger partial charge in [-0.15, -0.1) is 10.2 Å². The normalized spacial score (nSPS) is 17.1. The zero-order valence-corrected chi connectivity index (χ0v) is 18.2. The second kappa shape index (κ2) is 8.89. The van der Waals surface area contributed by atoms with Crippen LogP contribution in [0.4, 0.5) is 5.95 Å². The fourth-order valence-electron chi connectivity index (χ4n) is 3.82. The third-order valence-electron chi connectivity index (χ3n) is 5.58. The smallest absolute Gasteiger partial charge is 0.228 e. The molecule has 9 heteroatoms. The van der Waals surface area contributed by atoms with Crippen molar-refractivity contribution in [3.05, 3.63) is 23.0 Å². The second-order valence-electron chi connectivity index (χ2n) is 7.62. The molecule has 2 aliphatic rings. The van der Waals surface area contributed by atoms with Gasteiger partial charge >= 0.3 is 0 Å². The Morgan fingerprint density at radius 3 is 2.72 bits per heavy atom. The Morgan fingerprint density at radius 2 is 2.03 bits per heavy atom. The molecule has 1 aliphatic carbocycles. The van der Waals surface area contributed by atoms with Gasteiger partial charge in [-0.25, -0.2) is 0 Å². The first kappa shape index (κ1) is 20.4. The van der Waals surface area contributed by atoms with Crippen LogP contribution in [0.1, 0.15) is 40.6 Å². The largest absolute Gasteiger partial charge is 0.383 e. The van der Waals surface area contributed by atoms with Crippen LogP contribution >= 0.6 is 11.8 Å². The molecular formula is C20H29N5O3S. The Bertz CT molecular complexity index is 868. The summed E-state index contributed by atoms with van der Waals surface area (Å²) in [7, 11) is 1.69. The lowest BCUT2D eigenvalue weighted by Gasteiger charge is -2.27. The van der Waals surface area contributed by atoms with E-state index in [1.807, 2.05) is 19.9 Å². The van der Waals surface area contributed by atoms with Crippen LogP contribution in [-0.4, -0.2) is 70.9 Å². The first-order valence-corrected chi connectivity index (χ1v) is 11.2. The molecule has 0 unspecified atom stereocenters. The number of rotatable bonds is 9. The number of morpholine rings is 1. The molecule has 0 radical (unpaired) electrons. The fourth-order valence-corrected chi connectivity index (χ4v) is 4.70. The molecule has 0 spiro atoms. The van der Waals surface area contributed by atoms with Crippen molar-refractivity contribution in [3.8, 4) is 0 Å². The van der Waals surface area contributed by atoms with Crippen molar-refractivity contribution in [2.45, 2.75) is 44.4 Å². The van der Waals surface area contributed by atoms with E-state index in [0.717, 1.165) is 73.7 Å². The highest BCUT2D eigenvalue weighted by molar-refractivity contribution is 7.99. The van der Waals surface area contributed by atoms with Crippen LogP contribution in [-0.2, 0) is 16.0 Å². The molecule has 1 saturated heterocycles. The van der Waals surface area contributed by atoms with Gasteiger partial charge in [0.25, 0.3) is 0 Å². The SMILES string of the molecule is COCCn1c(C)cc(C(=O)CSc2nnc(N3CCOCC3)n2C2CC2)c1C. The molecule has 29 heavy (non-hydrogen) atoms. The van der Waals surface area contributed by atoms with Crippen LogP contribution in [0.3, 0.4) is 0 Å². The minimum atomic E-state index is 0.130. The molecule has 1 aliphatic heterocycles. The molecule has 3 heterocycles. The predicted molar refractivity (Wildman–Crippen MR) is 112 cm³/mol. The number of hydrogen-bond acceptors (Lipinski definition) is 7. The third-order valence-corrected chi connectivity index (χ3v) is 6.52. The molecule has 158 valence electrons. The minimum Gasteiger partial charge on any atom is -0.383 e. The summed E-state index contributed by atoms with van der Waals surface area (Å²) in [5.41, 5.74) is 2.88. The Morgan fingerprint density at radius 1 is 1.28 bits per heavy atom. The summed E-state index contributed by atoms with van der Waals surface area (Å²) in [5.74, 6) is 1.41. The van der Waals surface area contributed by atoms with Gasteiger partial charge in [0.15, 0.2) is 10.9 Å². The van der Waals surface area contributed by atoms with Gasteiger partial charge in [0, 0.05) is 49.7 Å². The average Bonchev–Trinajstić information content (AvgIpc) is 3.42. The summed E-state index contributed by atoms with van der Waals surface area (Å²) in [6.07, 6.45) is 2.30. The van der Waals surface area contributed by atoms with Gasteiger partial charge in [0.05, 0.1) is 25.6 Å². The Hall–Kier alpha value is -1.84. The summed E-state index contributed by atoms with van der Waals surface area (Å²) in [4.78, 5) is 15.2. The lowest BCUT2D eigenvalue weighted by atomic mass is 10.2. The number of carbonyl (C=O) groups is 1. The molecule has 0 atom stereocenters. The van der Waals surface area contributed by atoms with Gasteiger partial charge in [-0.3, -0.25) is 9.36 Å². The molecule has 8 nitrogen and oxygen atoms in total. The average molecular weight is 420 g/mol. The van der Waals surface area contributed by atoms with E-state index in [9.17, 15) is 4.79 Å². The number of carbonyl (C=O) groups excluding carboxylic acids is 1. The quantitative estimate of drug-likeness (QED) is 0.457. The van der Waals surface area contributed by atoms with Crippen LogP contribution in [0.25, 0.3) is 0 Å². The van der Waals surface area contributed by atoms with Crippen molar-refractivity contribution in [3.63, 3.8) is 0 Å². The Kier molecular flexibility index (Phi) is 6.26. The van der Waals surface area contributed by atoms with Gasteiger partial charge in [-0.1, -0.05) is 11.8 Å². The first-order chi connectivity index (χ1) is 14.1. The molecule has 1 saturated carbocycles. The van der Waals surface area contributed by atoms with Gasteiger partial charge in [-0.05, 0) is 32.8 Å². The van der Waals surface area contributed by atoms with Crippen LogP contribution in [0.5, 0.6) is 0 Å². The fraction of sp³-hybridized carbons (Fsp3) is 0.650. The monoisotopic (exact) mass is 419 g/mol. The molecule has 0 aromatic carbocycles. The number of thioether (sulfide) groups is 1. The number of methoxy groups -OCH3 is 1.